The van der Waals surface area contributed by atoms with Crippen molar-refractivity contribution >= 4 is 0 Å². The van der Waals surface area contributed by atoms with Gasteiger partial charge in [-0.1, -0.05) is 0 Å². The van der Waals surface area contributed by atoms with Gasteiger partial charge in [0, 0.05) is 19.8 Å². The second-order valence-electron chi connectivity index (χ2n) is 3.56. The highest BCUT2D eigenvalue weighted by atomic mass is 16.5. The smallest absolute Gasteiger partial charge is 0.0715 e. The summed E-state index contributed by atoms with van der Waals surface area (Å²) in [5.74, 6) is 0. The molecule has 2 fully saturated rings. The van der Waals surface area contributed by atoms with Gasteiger partial charge in [0.1, 0.15) is 0 Å². The number of hydrogen-bond donors (Lipinski definition) is 1. The standard InChI is InChI=1S/C9H17NO2/c1-4-10-7-9(1)12-8-2-5-11-6-3-8/h8-10H,1-7H2/t9-/m0/s1. The van der Waals surface area contributed by atoms with E-state index in [1.54, 1.807) is 0 Å². The molecule has 0 aliphatic carbocycles. The van der Waals surface area contributed by atoms with Gasteiger partial charge in [0.25, 0.3) is 0 Å². The maximum absolute atomic E-state index is 5.91. The van der Waals surface area contributed by atoms with Gasteiger partial charge < -0.3 is 14.8 Å². The summed E-state index contributed by atoms with van der Waals surface area (Å²) in [5, 5.41) is 3.31. The summed E-state index contributed by atoms with van der Waals surface area (Å²) >= 11 is 0. The van der Waals surface area contributed by atoms with Gasteiger partial charge in [-0.05, 0) is 25.8 Å². The Kier molecular flexibility index (Phi) is 2.98. The van der Waals surface area contributed by atoms with Crippen LogP contribution in [-0.4, -0.2) is 38.5 Å². The van der Waals surface area contributed by atoms with E-state index in [-0.39, 0.29) is 0 Å². The largest absolute Gasteiger partial charge is 0.381 e. The van der Waals surface area contributed by atoms with Gasteiger partial charge in [0.2, 0.25) is 0 Å². The molecule has 12 heavy (non-hydrogen) atoms. The Balaban J connectivity index is 1.69. The van der Waals surface area contributed by atoms with Crippen LogP contribution in [-0.2, 0) is 9.47 Å². The third kappa shape index (κ3) is 2.19. The van der Waals surface area contributed by atoms with Crippen LogP contribution in [0.3, 0.4) is 0 Å². The molecule has 2 saturated heterocycles. The first kappa shape index (κ1) is 8.48. The van der Waals surface area contributed by atoms with Crippen molar-refractivity contribution in [1.82, 2.24) is 5.32 Å². The molecule has 2 heterocycles. The lowest BCUT2D eigenvalue weighted by Gasteiger charge is -2.25. The van der Waals surface area contributed by atoms with Gasteiger partial charge in [-0.15, -0.1) is 0 Å². The van der Waals surface area contributed by atoms with Gasteiger partial charge in [0.05, 0.1) is 12.2 Å². The van der Waals surface area contributed by atoms with Crippen LogP contribution < -0.4 is 5.32 Å². The van der Waals surface area contributed by atoms with Gasteiger partial charge in [-0.3, -0.25) is 0 Å². The molecule has 2 rings (SSSR count). The highest BCUT2D eigenvalue weighted by Gasteiger charge is 2.21. The second-order valence-corrected chi connectivity index (χ2v) is 3.56. The van der Waals surface area contributed by atoms with E-state index in [9.17, 15) is 0 Å². The monoisotopic (exact) mass is 171 g/mol. The van der Waals surface area contributed by atoms with Crippen LogP contribution in [0.2, 0.25) is 0 Å². The van der Waals surface area contributed by atoms with Crippen molar-refractivity contribution in [2.45, 2.75) is 31.5 Å². The predicted octanol–water partition coefficient (Wildman–Crippen LogP) is 0.544. The van der Waals surface area contributed by atoms with Crippen LogP contribution >= 0.6 is 0 Å². The molecule has 0 radical (unpaired) electrons. The Morgan fingerprint density at radius 1 is 1.08 bits per heavy atom. The summed E-state index contributed by atoms with van der Waals surface area (Å²) in [6.45, 7) is 3.92. The van der Waals surface area contributed by atoms with Gasteiger partial charge in [-0.2, -0.15) is 0 Å². The van der Waals surface area contributed by atoms with Crippen LogP contribution in [0.15, 0.2) is 0 Å². The Morgan fingerprint density at radius 3 is 2.58 bits per heavy atom. The van der Waals surface area contributed by atoms with Crippen LogP contribution in [0.4, 0.5) is 0 Å². The van der Waals surface area contributed by atoms with E-state index in [2.05, 4.69) is 5.32 Å². The van der Waals surface area contributed by atoms with Crippen molar-refractivity contribution < 1.29 is 9.47 Å². The highest BCUT2D eigenvalue weighted by Crippen LogP contribution is 2.15. The lowest BCUT2D eigenvalue weighted by molar-refractivity contribution is -0.0613. The molecule has 3 nitrogen and oxygen atoms in total. The summed E-state index contributed by atoms with van der Waals surface area (Å²) in [5.41, 5.74) is 0. The highest BCUT2D eigenvalue weighted by molar-refractivity contribution is 4.74. The van der Waals surface area contributed by atoms with Crippen LogP contribution in [0.5, 0.6) is 0 Å². The molecule has 2 aliphatic heterocycles. The minimum absolute atomic E-state index is 0.462. The summed E-state index contributed by atoms with van der Waals surface area (Å²) in [6, 6.07) is 0. The molecule has 0 aromatic rings. The number of hydrogen-bond acceptors (Lipinski definition) is 3. The van der Waals surface area contributed by atoms with E-state index >= 15 is 0 Å². The molecule has 0 bridgehead atoms. The number of nitrogens with one attached hydrogen (secondary N) is 1. The zero-order valence-electron chi connectivity index (χ0n) is 7.42. The summed E-state index contributed by atoms with van der Waals surface area (Å²) in [6.07, 6.45) is 4.27. The summed E-state index contributed by atoms with van der Waals surface area (Å²) < 4.78 is 11.2. The molecule has 70 valence electrons. The predicted molar refractivity (Wildman–Crippen MR) is 46.2 cm³/mol. The maximum atomic E-state index is 5.91. The van der Waals surface area contributed by atoms with E-state index in [4.69, 9.17) is 9.47 Å². The lowest BCUT2D eigenvalue weighted by Crippen LogP contribution is -2.29. The first-order valence-electron chi connectivity index (χ1n) is 4.89. The second kappa shape index (κ2) is 4.21. The van der Waals surface area contributed by atoms with Crippen molar-refractivity contribution in [1.29, 1.82) is 0 Å². The third-order valence-electron chi connectivity index (χ3n) is 2.57. The average molecular weight is 171 g/mol. The molecular weight excluding hydrogens is 154 g/mol. The topological polar surface area (TPSA) is 30.5 Å². The van der Waals surface area contributed by atoms with Gasteiger partial charge in [-0.25, -0.2) is 0 Å². The van der Waals surface area contributed by atoms with E-state index < -0.39 is 0 Å². The number of rotatable bonds is 2. The Morgan fingerprint density at radius 2 is 1.92 bits per heavy atom. The fourth-order valence-corrected chi connectivity index (χ4v) is 1.83. The molecule has 0 amide bonds. The first-order chi connectivity index (χ1) is 5.95. The SMILES string of the molecule is C1C[C@H](OC2CCOCC2)CN1. The molecule has 0 aromatic carbocycles. The molecule has 2 aliphatic rings. The first-order valence-corrected chi connectivity index (χ1v) is 4.89. The molecule has 1 atom stereocenters. The van der Waals surface area contributed by atoms with Crippen molar-refractivity contribution in [2.75, 3.05) is 26.3 Å². The van der Waals surface area contributed by atoms with Crippen molar-refractivity contribution in [2.24, 2.45) is 0 Å². The minimum Gasteiger partial charge on any atom is -0.381 e. The van der Waals surface area contributed by atoms with E-state index in [0.717, 1.165) is 39.1 Å². The Hall–Kier alpha value is -0.120. The quantitative estimate of drug-likeness (QED) is 0.658. The zero-order valence-corrected chi connectivity index (χ0v) is 7.42. The van der Waals surface area contributed by atoms with Gasteiger partial charge >= 0.3 is 0 Å². The minimum atomic E-state index is 0.462. The molecule has 0 spiro atoms. The molecule has 3 heteroatoms. The Labute approximate surface area is 73.4 Å². The average Bonchev–Trinajstić information content (AvgIpc) is 2.59. The fraction of sp³-hybridized carbons (Fsp3) is 1.00. The van der Waals surface area contributed by atoms with Crippen molar-refractivity contribution in [3.63, 3.8) is 0 Å². The fourth-order valence-electron chi connectivity index (χ4n) is 1.83. The summed E-state index contributed by atoms with van der Waals surface area (Å²) in [7, 11) is 0. The van der Waals surface area contributed by atoms with Crippen molar-refractivity contribution in [3.05, 3.63) is 0 Å². The van der Waals surface area contributed by atoms with E-state index in [1.165, 1.54) is 6.42 Å². The lowest BCUT2D eigenvalue weighted by atomic mass is 10.1. The van der Waals surface area contributed by atoms with Crippen LogP contribution in [0.25, 0.3) is 0 Å². The molecular formula is C9H17NO2. The van der Waals surface area contributed by atoms with Crippen LogP contribution in [0.1, 0.15) is 19.3 Å². The van der Waals surface area contributed by atoms with Crippen molar-refractivity contribution in [3.8, 4) is 0 Å². The molecule has 0 aromatic heterocycles. The number of ether oxygens (including phenoxy) is 2. The molecule has 1 N–H and O–H groups in total. The normalized spacial score (nSPS) is 32.5. The van der Waals surface area contributed by atoms with Crippen LogP contribution in [0, 0.1) is 0 Å². The zero-order chi connectivity index (χ0) is 8.23. The molecule has 0 unspecified atom stereocenters. The maximum Gasteiger partial charge on any atom is 0.0715 e. The van der Waals surface area contributed by atoms with E-state index in [0.29, 0.717) is 12.2 Å². The molecule has 0 saturated carbocycles. The third-order valence-corrected chi connectivity index (χ3v) is 2.57. The van der Waals surface area contributed by atoms with E-state index in [1.807, 2.05) is 0 Å². The van der Waals surface area contributed by atoms with Gasteiger partial charge in [0.15, 0.2) is 0 Å². The Bertz CT molecular complexity index is 128. The summed E-state index contributed by atoms with van der Waals surface area (Å²) in [4.78, 5) is 0.